The maximum absolute atomic E-state index is 12.5. The summed E-state index contributed by atoms with van der Waals surface area (Å²) in [5.74, 6) is -0.324. The lowest BCUT2D eigenvalue weighted by atomic mass is 10.0. The summed E-state index contributed by atoms with van der Waals surface area (Å²) in [5, 5.41) is 33.3. The van der Waals surface area contributed by atoms with Gasteiger partial charge in [0.05, 0.1) is 31.3 Å². The number of hydrogen-bond acceptors (Lipinski definition) is 4. The second-order valence-electron chi connectivity index (χ2n) is 17.8. The standard InChI is InChI=1S/C53H101NO4/c1-3-5-7-9-11-13-15-17-19-21-22-23-24-25-26-27-28-29-31-32-34-36-38-40-42-44-46-50(56)48-53(58)54-51(49-55)52(57)47-45-43-41-39-37-35-33-30-20-18-16-14-12-10-8-6-4-2/h25-26,37,39,45,47,50-52,55-57H,3-24,27-36,38,40-44,46,48-49H2,1-2H3,(H,54,58)/b26-25-,39-37+,47-45+. The zero-order chi connectivity index (χ0) is 42.3. The number of allylic oxidation sites excluding steroid dienone is 5. The molecule has 342 valence electrons. The van der Waals surface area contributed by atoms with Crippen molar-refractivity contribution in [3.63, 3.8) is 0 Å². The van der Waals surface area contributed by atoms with Crippen LogP contribution < -0.4 is 5.32 Å². The van der Waals surface area contributed by atoms with Crippen molar-refractivity contribution in [2.24, 2.45) is 0 Å². The van der Waals surface area contributed by atoms with E-state index >= 15 is 0 Å². The SMILES string of the molecule is CCCCCCCCCCCCC/C=C/CC/C=C/C(O)C(CO)NC(=O)CC(O)CCCCCCCCCCCC/C=C\CCCCCCCCCCCCCC. The van der Waals surface area contributed by atoms with Gasteiger partial charge in [-0.25, -0.2) is 0 Å². The molecule has 3 atom stereocenters. The van der Waals surface area contributed by atoms with Crippen LogP contribution in [0, 0.1) is 0 Å². The fraction of sp³-hybridized carbons (Fsp3) is 0.868. The van der Waals surface area contributed by atoms with E-state index in [1.165, 1.54) is 212 Å². The van der Waals surface area contributed by atoms with Crippen molar-refractivity contribution >= 4 is 5.91 Å². The summed E-state index contributed by atoms with van der Waals surface area (Å²) in [5.41, 5.74) is 0. The van der Waals surface area contributed by atoms with Gasteiger partial charge in [0.15, 0.2) is 0 Å². The van der Waals surface area contributed by atoms with E-state index in [4.69, 9.17) is 0 Å². The number of aliphatic hydroxyl groups excluding tert-OH is 3. The lowest BCUT2D eigenvalue weighted by Gasteiger charge is -2.21. The number of unbranched alkanes of at least 4 members (excludes halogenated alkanes) is 34. The Morgan fingerprint density at radius 2 is 0.741 bits per heavy atom. The summed E-state index contributed by atoms with van der Waals surface area (Å²) < 4.78 is 0. The molecule has 0 aromatic heterocycles. The summed E-state index contributed by atoms with van der Waals surface area (Å²) in [7, 11) is 0. The molecule has 1 amide bonds. The second-order valence-corrected chi connectivity index (χ2v) is 17.8. The van der Waals surface area contributed by atoms with Gasteiger partial charge in [-0.2, -0.15) is 0 Å². The first-order valence-electron chi connectivity index (χ1n) is 25.8. The van der Waals surface area contributed by atoms with Crippen LogP contribution >= 0.6 is 0 Å². The average molecular weight is 816 g/mol. The Balaban J connectivity index is 3.61. The Bertz CT molecular complexity index is 901. The molecular weight excluding hydrogens is 715 g/mol. The minimum Gasteiger partial charge on any atom is -0.394 e. The smallest absolute Gasteiger partial charge is 0.222 e. The van der Waals surface area contributed by atoms with E-state index in [2.05, 4.69) is 43.5 Å². The molecule has 0 saturated heterocycles. The molecule has 0 spiro atoms. The van der Waals surface area contributed by atoms with Gasteiger partial charge in [-0.15, -0.1) is 0 Å². The van der Waals surface area contributed by atoms with Crippen molar-refractivity contribution in [2.75, 3.05) is 6.61 Å². The van der Waals surface area contributed by atoms with Crippen LogP contribution in [0.25, 0.3) is 0 Å². The number of hydrogen-bond donors (Lipinski definition) is 4. The van der Waals surface area contributed by atoms with Crippen LogP contribution in [0.4, 0.5) is 0 Å². The van der Waals surface area contributed by atoms with Crippen molar-refractivity contribution in [1.82, 2.24) is 5.32 Å². The number of carbonyl (C=O) groups excluding carboxylic acids is 1. The van der Waals surface area contributed by atoms with Crippen molar-refractivity contribution in [3.8, 4) is 0 Å². The molecule has 0 saturated carbocycles. The summed E-state index contributed by atoms with van der Waals surface area (Å²) in [4.78, 5) is 12.5. The van der Waals surface area contributed by atoms with E-state index in [0.29, 0.717) is 6.42 Å². The van der Waals surface area contributed by atoms with Crippen molar-refractivity contribution in [3.05, 3.63) is 36.5 Å². The summed E-state index contributed by atoms with van der Waals surface area (Å²) in [6.07, 6.45) is 61.7. The highest BCUT2D eigenvalue weighted by molar-refractivity contribution is 5.76. The maximum Gasteiger partial charge on any atom is 0.222 e. The largest absolute Gasteiger partial charge is 0.394 e. The molecular formula is C53H101NO4. The molecule has 0 rings (SSSR count). The first kappa shape index (κ1) is 56.6. The third-order valence-electron chi connectivity index (χ3n) is 11.9. The molecule has 0 aromatic rings. The van der Waals surface area contributed by atoms with E-state index in [9.17, 15) is 20.1 Å². The highest BCUT2D eigenvalue weighted by Crippen LogP contribution is 2.16. The number of amides is 1. The lowest BCUT2D eigenvalue weighted by molar-refractivity contribution is -0.124. The minimum absolute atomic E-state index is 0.00604. The van der Waals surface area contributed by atoms with Gasteiger partial charge < -0.3 is 20.6 Å². The maximum atomic E-state index is 12.5. The molecule has 0 aliphatic carbocycles. The first-order valence-corrected chi connectivity index (χ1v) is 25.8. The molecule has 0 heterocycles. The average Bonchev–Trinajstić information content (AvgIpc) is 3.22. The van der Waals surface area contributed by atoms with Gasteiger partial charge in [0.2, 0.25) is 5.91 Å². The topological polar surface area (TPSA) is 89.8 Å². The molecule has 0 fully saturated rings. The Hall–Kier alpha value is -1.43. The monoisotopic (exact) mass is 816 g/mol. The predicted octanol–water partition coefficient (Wildman–Crippen LogP) is 15.5. The van der Waals surface area contributed by atoms with Crippen LogP contribution in [0.3, 0.4) is 0 Å². The van der Waals surface area contributed by atoms with Crippen LogP contribution in [0.2, 0.25) is 0 Å². The van der Waals surface area contributed by atoms with E-state index in [0.717, 1.165) is 32.1 Å². The summed E-state index contributed by atoms with van der Waals surface area (Å²) >= 11 is 0. The van der Waals surface area contributed by atoms with Gasteiger partial charge in [0, 0.05) is 0 Å². The normalized spacial score (nSPS) is 13.7. The summed E-state index contributed by atoms with van der Waals surface area (Å²) in [6.45, 7) is 4.22. The number of aliphatic hydroxyl groups is 3. The number of nitrogens with one attached hydrogen (secondary N) is 1. The van der Waals surface area contributed by atoms with Crippen LogP contribution in [0.1, 0.15) is 271 Å². The molecule has 0 aliphatic heterocycles. The second kappa shape index (κ2) is 48.2. The molecule has 4 N–H and O–H groups in total. The molecule has 5 heteroatoms. The predicted molar refractivity (Wildman–Crippen MR) is 254 cm³/mol. The van der Waals surface area contributed by atoms with Crippen molar-refractivity contribution in [2.45, 2.75) is 289 Å². The molecule has 0 radical (unpaired) electrons. The third-order valence-corrected chi connectivity index (χ3v) is 11.9. The third kappa shape index (κ3) is 44.1. The molecule has 3 unspecified atom stereocenters. The van der Waals surface area contributed by atoms with Gasteiger partial charge in [-0.1, -0.05) is 243 Å². The van der Waals surface area contributed by atoms with E-state index in [-0.39, 0.29) is 18.9 Å². The summed E-state index contributed by atoms with van der Waals surface area (Å²) in [6, 6.07) is -0.761. The molecule has 0 bridgehead atoms. The molecule has 5 nitrogen and oxygen atoms in total. The zero-order valence-electron chi connectivity index (χ0n) is 38.9. The quantitative estimate of drug-likeness (QED) is 0.0364. The Kier molecular flexibility index (Phi) is 47.0. The lowest BCUT2D eigenvalue weighted by Crippen LogP contribution is -2.45. The van der Waals surface area contributed by atoms with E-state index < -0.39 is 18.2 Å². The van der Waals surface area contributed by atoms with Gasteiger partial charge >= 0.3 is 0 Å². The molecule has 0 aliphatic rings. The van der Waals surface area contributed by atoms with Crippen molar-refractivity contribution in [1.29, 1.82) is 0 Å². The Morgan fingerprint density at radius 3 is 1.10 bits per heavy atom. The van der Waals surface area contributed by atoms with Gasteiger partial charge in [-0.05, 0) is 57.8 Å². The highest BCUT2D eigenvalue weighted by atomic mass is 16.3. The zero-order valence-corrected chi connectivity index (χ0v) is 38.9. The van der Waals surface area contributed by atoms with Crippen LogP contribution in [-0.2, 0) is 4.79 Å². The van der Waals surface area contributed by atoms with Crippen LogP contribution in [0.15, 0.2) is 36.5 Å². The fourth-order valence-corrected chi connectivity index (χ4v) is 7.94. The molecule has 58 heavy (non-hydrogen) atoms. The fourth-order valence-electron chi connectivity index (χ4n) is 7.94. The number of rotatable bonds is 47. The Morgan fingerprint density at radius 1 is 0.431 bits per heavy atom. The van der Waals surface area contributed by atoms with Crippen molar-refractivity contribution < 1.29 is 20.1 Å². The first-order chi connectivity index (χ1) is 28.5. The van der Waals surface area contributed by atoms with E-state index in [1.807, 2.05) is 6.08 Å². The number of carbonyl (C=O) groups is 1. The van der Waals surface area contributed by atoms with E-state index in [1.54, 1.807) is 6.08 Å². The Labute approximate surface area is 362 Å². The van der Waals surface area contributed by atoms with Crippen LogP contribution in [0.5, 0.6) is 0 Å². The van der Waals surface area contributed by atoms with Gasteiger partial charge in [0.1, 0.15) is 0 Å². The van der Waals surface area contributed by atoms with Gasteiger partial charge in [0.25, 0.3) is 0 Å². The highest BCUT2D eigenvalue weighted by Gasteiger charge is 2.20. The minimum atomic E-state index is -0.952. The van der Waals surface area contributed by atoms with Gasteiger partial charge in [-0.3, -0.25) is 4.79 Å². The van der Waals surface area contributed by atoms with Crippen LogP contribution in [-0.4, -0.2) is 46.1 Å². The molecule has 0 aromatic carbocycles.